The van der Waals surface area contributed by atoms with Crippen LogP contribution in [0.15, 0.2) is 0 Å². The molecule has 0 rings (SSSR count). The topological polar surface area (TPSA) is 0 Å². The maximum Gasteiger partial charge on any atom is 0.0207 e. The summed E-state index contributed by atoms with van der Waals surface area (Å²) in [7, 11) is 4.25. The molecule has 20 heavy (non-hydrogen) atoms. The van der Waals surface area contributed by atoms with Crippen molar-refractivity contribution in [3.63, 3.8) is 0 Å². The molecule has 0 heterocycles. The van der Waals surface area contributed by atoms with Crippen molar-refractivity contribution in [1.82, 2.24) is 0 Å². The highest BCUT2D eigenvalue weighted by Gasteiger charge is 2.25. The lowest BCUT2D eigenvalue weighted by Gasteiger charge is -2.30. The normalized spacial score (nSPS) is 12.9. The fourth-order valence-electron chi connectivity index (χ4n) is 2.26. The Morgan fingerprint density at radius 3 is 1.20 bits per heavy atom. The summed E-state index contributed by atoms with van der Waals surface area (Å²) in [4.78, 5) is 0. The van der Waals surface area contributed by atoms with Crippen molar-refractivity contribution in [1.29, 1.82) is 0 Å². The van der Waals surface area contributed by atoms with Crippen LogP contribution in [0, 0.1) is 0 Å². The molecule has 0 aliphatic rings. The Morgan fingerprint density at radius 2 is 0.900 bits per heavy atom. The van der Waals surface area contributed by atoms with E-state index in [1.165, 1.54) is 64.2 Å². The second-order valence-electron chi connectivity index (χ2n) is 7.31. The van der Waals surface area contributed by atoms with Crippen LogP contribution in [-0.2, 0) is 0 Å². The Kier molecular flexibility index (Phi) is 11.7. The first-order valence-electron chi connectivity index (χ1n) is 8.70. The SMILES string of the molecule is CCCCCCC(C)(C)SSC(C)(C)CCCCCC. The van der Waals surface area contributed by atoms with Crippen LogP contribution >= 0.6 is 21.6 Å². The van der Waals surface area contributed by atoms with Crippen molar-refractivity contribution in [3.05, 3.63) is 0 Å². The number of hydrogen-bond acceptors (Lipinski definition) is 2. The molecule has 0 nitrogen and oxygen atoms in total. The third kappa shape index (κ3) is 12.4. The Labute approximate surface area is 137 Å². The zero-order chi connectivity index (χ0) is 15.5. The van der Waals surface area contributed by atoms with Gasteiger partial charge < -0.3 is 0 Å². The monoisotopic (exact) mass is 318 g/mol. The average molecular weight is 319 g/mol. The summed E-state index contributed by atoms with van der Waals surface area (Å²) in [6.45, 7) is 14.3. The van der Waals surface area contributed by atoms with Gasteiger partial charge in [0.1, 0.15) is 0 Å². The van der Waals surface area contributed by atoms with E-state index >= 15 is 0 Å². The molecule has 0 fully saturated rings. The van der Waals surface area contributed by atoms with Crippen LogP contribution in [0.1, 0.15) is 106 Å². The van der Waals surface area contributed by atoms with Crippen LogP contribution in [0.2, 0.25) is 0 Å². The lowest BCUT2D eigenvalue weighted by Crippen LogP contribution is -2.18. The summed E-state index contributed by atoms with van der Waals surface area (Å²) in [6.07, 6.45) is 13.8. The minimum absolute atomic E-state index is 0.430. The van der Waals surface area contributed by atoms with Crippen molar-refractivity contribution < 1.29 is 0 Å². The highest BCUT2D eigenvalue weighted by molar-refractivity contribution is 8.77. The lowest BCUT2D eigenvalue weighted by molar-refractivity contribution is 0.557. The van der Waals surface area contributed by atoms with Gasteiger partial charge in [0.15, 0.2) is 0 Å². The van der Waals surface area contributed by atoms with Crippen LogP contribution in [0.5, 0.6) is 0 Å². The number of rotatable bonds is 13. The van der Waals surface area contributed by atoms with E-state index in [1.54, 1.807) is 0 Å². The third-order valence-corrected chi connectivity index (χ3v) is 8.11. The lowest BCUT2D eigenvalue weighted by atomic mass is 10.0. The van der Waals surface area contributed by atoms with Crippen molar-refractivity contribution in [3.8, 4) is 0 Å². The van der Waals surface area contributed by atoms with E-state index in [4.69, 9.17) is 0 Å². The molecule has 0 aromatic heterocycles. The molecule has 0 aliphatic carbocycles. The predicted molar refractivity (Wildman–Crippen MR) is 101 cm³/mol. The molecule has 0 unspecified atom stereocenters. The molecule has 0 radical (unpaired) electrons. The second-order valence-corrected chi connectivity index (χ2v) is 10.9. The molecule has 0 saturated carbocycles. The van der Waals surface area contributed by atoms with Gasteiger partial charge in [-0.25, -0.2) is 0 Å². The Hall–Kier alpha value is 0.700. The second kappa shape index (κ2) is 11.3. The first-order valence-corrected chi connectivity index (χ1v) is 10.8. The molecular formula is C18H38S2. The Bertz CT molecular complexity index is 197. The minimum atomic E-state index is 0.430. The maximum absolute atomic E-state index is 2.42. The van der Waals surface area contributed by atoms with Crippen LogP contribution < -0.4 is 0 Å². The van der Waals surface area contributed by atoms with E-state index in [-0.39, 0.29) is 0 Å². The van der Waals surface area contributed by atoms with Gasteiger partial charge in [-0.15, -0.1) is 0 Å². The summed E-state index contributed by atoms with van der Waals surface area (Å²) in [5.74, 6) is 0. The van der Waals surface area contributed by atoms with E-state index in [0.29, 0.717) is 9.49 Å². The molecule has 0 saturated heterocycles. The number of hydrogen-bond donors (Lipinski definition) is 0. The average Bonchev–Trinajstić information content (AvgIpc) is 2.38. The van der Waals surface area contributed by atoms with Crippen molar-refractivity contribution in [2.24, 2.45) is 0 Å². The summed E-state index contributed by atoms with van der Waals surface area (Å²) in [5, 5.41) is 0. The van der Waals surface area contributed by atoms with Crippen molar-refractivity contribution in [2.75, 3.05) is 0 Å². The number of unbranched alkanes of at least 4 members (excludes halogenated alkanes) is 6. The highest BCUT2D eigenvalue weighted by Crippen LogP contribution is 2.47. The van der Waals surface area contributed by atoms with E-state index in [0.717, 1.165) is 0 Å². The molecule has 0 amide bonds. The fourth-order valence-corrected chi connectivity index (χ4v) is 5.02. The third-order valence-electron chi connectivity index (χ3n) is 3.76. The first kappa shape index (κ1) is 20.7. The van der Waals surface area contributed by atoms with E-state index in [9.17, 15) is 0 Å². The summed E-state index contributed by atoms with van der Waals surface area (Å²) in [5.41, 5.74) is 0. The first-order chi connectivity index (χ1) is 9.33. The van der Waals surface area contributed by atoms with Gasteiger partial charge in [-0.1, -0.05) is 86.8 Å². The molecule has 0 bridgehead atoms. The minimum Gasteiger partial charge on any atom is -0.0873 e. The van der Waals surface area contributed by atoms with Crippen LogP contribution in [0.4, 0.5) is 0 Å². The van der Waals surface area contributed by atoms with Gasteiger partial charge in [0.05, 0.1) is 0 Å². The standard InChI is InChI=1S/C18H38S2/c1-7-9-11-13-15-17(3,4)19-20-18(5,6)16-14-12-10-8-2/h7-16H2,1-6H3. The molecular weight excluding hydrogens is 280 g/mol. The van der Waals surface area contributed by atoms with Gasteiger partial charge in [0.2, 0.25) is 0 Å². The molecule has 2 heteroatoms. The maximum atomic E-state index is 2.42. The molecule has 0 spiro atoms. The van der Waals surface area contributed by atoms with Crippen LogP contribution in [0.3, 0.4) is 0 Å². The Morgan fingerprint density at radius 1 is 0.550 bits per heavy atom. The van der Waals surface area contributed by atoms with E-state index in [1.807, 2.05) is 0 Å². The zero-order valence-corrected chi connectivity index (χ0v) is 16.5. The molecule has 0 N–H and O–H groups in total. The van der Waals surface area contributed by atoms with Gasteiger partial charge in [0.25, 0.3) is 0 Å². The molecule has 0 aromatic rings. The predicted octanol–water partition coefficient (Wildman–Crippen LogP) is 7.87. The summed E-state index contributed by atoms with van der Waals surface area (Å²) in [6, 6.07) is 0. The largest absolute Gasteiger partial charge is 0.0873 e. The van der Waals surface area contributed by atoms with Crippen LogP contribution in [-0.4, -0.2) is 9.49 Å². The zero-order valence-electron chi connectivity index (χ0n) is 14.9. The van der Waals surface area contributed by atoms with E-state index < -0.39 is 0 Å². The van der Waals surface area contributed by atoms with Gasteiger partial charge in [-0.05, 0) is 40.5 Å². The molecule has 0 atom stereocenters. The molecule has 0 aromatic carbocycles. The highest BCUT2D eigenvalue weighted by atomic mass is 33.1. The van der Waals surface area contributed by atoms with Crippen molar-refractivity contribution >= 4 is 21.6 Å². The summed E-state index contributed by atoms with van der Waals surface area (Å²) >= 11 is 0. The molecule has 122 valence electrons. The summed E-state index contributed by atoms with van der Waals surface area (Å²) < 4.78 is 0.859. The van der Waals surface area contributed by atoms with Gasteiger partial charge >= 0.3 is 0 Å². The smallest absolute Gasteiger partial charge is 0.0207 e. The van der Waals surface area contributed by atoms with Gasteiger partial charge in [0, 0.05) is 9.49 Å². The van der Waals surface area contributed by atoms with Crippen molar-refractivity contribution in [2.45, 2.75) is 115 Å². The molecule has 0 aliphatic heterocycles. The van der Waals surface area contributed by atoms with Gasteiger partial charge in [-0.3, -0.25) is 0 Å². The Balaban J connectivity index is 3.84. The van der Waals surface area contributed by atoms with Gasteiger partial charge in [-0.2, -0.15) is 0 Å². The quantitative estimate of drug-likeness (QED) is 0.250. The van der Waals surface area contributed by atoms with E-state index in [2.05, 4.69) is 63.1 Å². The van der Waals surface area contributed by atoms with Crippen LogP contribution in [0.25, 0.3) is 0 Å². The fraction of sp³-hybridized carbons (Fsp3) is 1.00.